The van der Waals surface area contributed by atoms with Crippen LogP contribution in [0.3, 0.4) is 0 Å². The lowest BCUT2D eigenvalue weighted by Gasteiger charge is -2.24. The van der Waals surface area contributed by atoms with Crippen LogP contribution >= 0.6 is 0 Å². The van der Waals surface area contributed by atoms with Gasteiger partial charge in [-0.25, -0.2) is 9.79 Å². The van der Waals surface area contributed by atoms with Crippen LogP contribution in [0.15, 0.2) is 47.5 Å². The van der Waals surface area contributed by atoms with E-state index in [1.807, 2.05) is 44.2 Å². The van der Waals surface area contributed by atoms with Crippen molar-refractivity contribution in [2.24, 2.45) is 4.99 Å². The SMILES string of the molecule is CCc1ccccc1N=C(CC(=O)/C=C/c1cc(C)c(OC(C)(C)C(=O)O)c(C)c1)N1CCCC1. The first kappa shape index (κ1) is 26.2. The largest absolute Gasteiger partial charge is 0.478 e. The third-order valence-corrected chi connectivity index (χ3v) is 6.24. The van der Waals surface area contributed by atoms with Crippen molar-refractivity contribution in [3.8, 4) is 5.75 Å². The number of carbonyl (C=O) groups is 2. The van der Waals surface area contributed by atoms with E-state index < -0.39 is 11.6 Å². The topological polar surface area (TPSA) is 79.2 Å². The normalized spacial score (nSPS) is 14.5. The van der Waals surface area contributed by atoms with E-state index in [0.717, 1.165) is 60.6 Å². The molecule has 1 fully saturated rings. The number of carboxylic acids is 1. The van der Waals surface area contributed by atoms with Crippen molar-refractivity contribution < 1.29 is 19.4 Å². The molecule has 1 aliphatic heterocycles. The molecular weight excluding hydrogens is 440 g/mol. The molecule has 1 heterocycles. The van der Waals surface area contributed by atoms with Crippen LogP contribution in [0.4, 0.5) is 5.69 Å². The van der Waals surface area contributed by atoms with Gasteiger partial charge in [-0.1, -0.05) is 31.2 Å². The first-order valence-corrected chi connectivity index (χ1v) is 12.3. The Morgan fingerprint density at radius 1 is 1.11 bits per heavy atom. The number of carboxylic acid groups (broad SMARTS) is 1. The van der Waals surface area contributed by atoms with Crippen molar-refractivity contribution in [3.05, 3.63) is 64.7 Å². The molecule has 0 spiro atoms. The van der Waals surface area contributed by atoms with Gasteiger partial charge in [-0.3, -0.25) is 4.79 Å². The van der Waals surface area contributed by atoms with Gasteiger partial charge in [0.1, 0.15) is 11.6 Å². The number of aryl methyl sites for hydroxylation is 3. The number of benzene rings is 2. The van der Waals surface area contributed by atoms with Crippen LogP contribution in [0.5, 0.6) is 5.75 Å². The monoisotopic (exact) mass is 476 g/mol. The molecule has 186 valence electrons. The molecule has 0 radical (unpaired) electrons. The lowest BCUT2D eigenvalue weighted by atomic mass is 10.0. The van der Waals surface area contributed by atoms with Crippen molar-refractivity contribution >= 4 is 29.4 Å². The lowest BCUT2D eigenvalue weighted by molar-refractivity contribution is -0.152. The maximum absolute atomic E-state index is 12.9. The number of para-hydroxylation sites is 1. The molecule has 1 saturated heterocycles. The third kappa shape index (κ3) is 6.81. The van der Waals surface area contributed by atoms with Crippen LogP contribution in [0.1, 0.15) is 62.3 Å². The van der Waals surface area contributed by atoms with E-state index in [1.54, 1.807) is 12.2 Å². The first-order valence-electron chi connectivity index (χ1n) is 12.3. The van der Waals surface area contributed by atoms with E-state index in [0.29, 0.717) is 5.75 Å². The zero-order valence-electron chi connectivity index (χ0n) is 21.4. The summed E-state index contributed by atoms with van der Waals surface area (Å²) in [6.45, 7) is 10.8. The highest BCUT2D eigenvalue weighted by Crippen LogP contribution is 2.29. The summed E-state index contributed by atoms with van der Waals surface area (Å²) >= 11 is 0. The molecular formula is C29H36N2O4. The van der Waals surface area contributed by atoms with Gasteiger partial charge in [-0.05, 0) is 93.5 Å². The maximum atomic E-state index is 12.9. The molecule has 1 N–H and O–H groups in total. The molecule has 0 amide bonds. The number of hydrogen-bond acceptors (Lipinski definition) is 4. The molecule has 0 aliphatic carbocycles. The van der Waals surface area contributed by atoms with Gasteiger partial charge < -0.3 is 14.7 Å². The van der Waals surface area contributed by atoms with Gasteiger partial charge in [0, 0.05) is 13.1 Å². The molecule has 0 atom stereocenters. The van der Waals surface area contributed by atoms with Gasteiger partial charge in [0.2, 0.25) is 0 Å². The third-order valence-electron chi connectivity index (χ3n) is 6.24. The second kappa shape index (κ2) is 11.3. The molecule has 3 rings (SSSR count). The summed E-state index contributed by atoms with van der Waals surface area (Å²) in [4.78, 5) is 31.5. The van der Waals surface area contributed by atoms with E-state index in [1.165, 1.54) is 19.4 Å². The number of amidine groups is 1. The number of allylic oxidation sites excluding steroid dienone is 1. The average Bonchev–Trinajstić information content (AvgIpc) is 3.35. The summed E-state index contributed by atoms with van der Waals surface area (Å²) in [5, 5.41) is 9.37. The molecule has 35 heavy (non-hydrogen) atoms. The zero-order valence-corrected chi connectivity index (χ0v) is 21.4. The van der Waals surface area contributed by atoms with Gasteiger partial charge in [-0.15, -0.1) is 0 Å². The van der Waals surface area contributed by atoms with Crippen LogP contribution in [0.25, 0.3) is 6.08 Å². The standard InChI is InChI=1S/C29H36N2O4/c1-6-23-11-7-8-12-25(23)30-26(31-15-9-10-16-31)19-24(32)14-13-22-17-20(2)27(21(3)18-22)35-29(4,5)28(33)34/h7-8,11-14,17-18H,6,9-10,15-16,19H2,1-5H3,(H,33,34)/b14-13+,30-26?. The van der Waals surface area contributed by atoms with Gasteiger partial charge in [0.05, 0.1) is 12.1 Å². The van der Waals surface area contributed by atoms with E-state index >= 15 is 0 Å². The summed E-state index contributed by atoms with van der Waals surface area (Å²) in [5.41, 5.74) is 3.28. The predicted molar refractivity (Wildman–Crippen MR) is 141 cm³/mol. The molecule has 0 aromatic heterocycles. The quantitative estimate of drug-likeness (QED) is 0.277. The van der Waals surface area contributed by atoms with Crippen molar-refractivity contribution in [3.63, 3.8) is 0 Å². The Morgan fingerprint density at radius 2 is 1.74 bits per heavy atom. The second-order valence-corrected chi connectivity index (χ2v) is 9.58. The van der Waals surface area contributed by atoms with Crippen LogP contribution in [-0.2, 0) is 16.0 Å². The number of rotatable bonds is 9. The van der Waals surface area contributed by atoms with Gasteiger partial charge in [-0.2, -0.15) is 0 Å². The summed E-state index contributed by atoms with van der Waals surface area (Å²) in [5.74, 6) is 0.346. The number of aliphatic carboxylic acids is 1. The van der Waals surface area contributed by atoms with Crippen molar-refractivity contribution in [2.75, 3.05) is 13.1 Å². The minimum atomic E-state index is -1.33. The average molecular weight is 477 g/mol. The minimum absolute atomic E-state index is 0.00715. The van der Waals surface area contributed by atoms with Crippen molar-refractivity contribution in [1.29, 1.82) is 0 Å². The fourth-order valence-corrected chi connectivity index (χ4v) is 4.20. The van der Waals surface area contributed by atoms with E-state index in [-0.39, 0.29) is 12.2 Å². The lowest BCUT2D eigenvalue weighted by Crippen LogP contribution is -2.38. The number of aliphatic imine (C=N–C) groups is 1. The highest BCUT2D eigenvalue weighted by Gasteiger charge is 2.30. The fraction of sp³-hybridized carbons (Fsp3) is 0.414. The molecule has 2 aromatic carbocycles. The summed E-state index contributed by atoms with van der Waals surface area (Å²) in [6, 6.07) is 11.9. The molecule has 6 nitrogen and oxygen atoms in total. The zero-order chi connectivity index (χ0) is 25.6. The van der Waals surface area contributed by atoms with E-state index in [2.05, 4.69) is 17.9 Å². The number of hydrogen-bond donors (Lipinski definition) is 1. The first-order chi connectivity index (χ1) is 16.6. The van der Waals surface area contributed by atoms with Gasteiger partial charge >= 0.3 is 5.97 Å². The van der Waals surface area contributed by atoms with Crippen LogP contribution in [0.2, 0.25) is 0 Å². The number of ketones is 1. The highest BCUT2D eigenvalue weighted by atomic mass is 16.5. The number of ether oxygens (including phenoxy) is 1. The van der Waals surface area contributed by atoms with Crippen LogP contribution < -0.4 is 4.74 Å². The predicted octanol–water partition coefficient (Wildman–Crippen LogP) is 5.91. The van der Waals surface area contributed by atoms with Gasteiger partial charge in [0.15, 0.2) is 11.4 Å². The number of carbonyl (C=O) groups excluding carboxylic acids is 1. The van der Waals surface area contributed by atoms with E-state index in [9.17, 15) is 14.7 Å². The number of likely N-dealkylation sites (tertiary alicyclic amines) is 1. The Morgan fingerprint density at radius 3 is 2.34 bits per heavy atom. The Balaban J connectivity index is 1.79. The summed E-state index contributed by atoms with van der Waals surface area (Å²) in [7, 11) is 0. The van der Waals surface area contributed by atoms with Crippen LogP contribution in [-0.4, -0.2) is 46.3 Å². The Bertz CT molecular complexity index is 1120. The van der Waals surface area contributed by atoms with Crippen molar-refractivity contribution in [1.82, 2.24) is 4.90 Å². The molecule has 2 aromatic rings. The van der Waals surface area contributed by atoms with E-state index in [4.69, 9.17) is 9.73 Å². The molecule has 0 unspecified atom stereocenters. The number of nitrogens with zero attached hydrogens (tertiary/aromatic N) is 2. The smallest absolute Gasteiger partial charge is 0.347 e. The summed E-state index contributed by atoms with van der Waals surface area (Å²) < 4.78 is 5.78. The van der Waals surface area contributed by atoms with Crippen molar-refractivity contribution in [2.45, 2.75) is 65.9 Å². The molecule has 1 aliphatic rings. The highest BCUT2D eigenvalue weighted by molar-refractivity contribution is 6.08. The maximum Gasteiger partial charge on any atom is 0.347 e. The Labute approximate surface area is 208 Å². The Hall–Kier alpha value is -3.41. The Kier molecular flexibility index (Phi) is 8.49. The van der Waals surface area contributed by atoms with Gasteiger partial charge in [0.25, 0.3) is 0 Å². The molecule has 6 heteroatoms. The summed E-state index contributed by atoms with van der Waals surface area (Å²) in [6.07, 6.45) is 6.78. The second-order valence-electron chi connectivity index (χ2n) is 9.58. The van der Waals surface area contributed by atoms with Crippen LogP contribution in [0, 0.1) is 13.8 Å². The minimum Gasteiger partial charge on any atom is -0.478 e. The molecule has 0 saturated carbocycles. The molecule has 0 bridgehead atoms. The fourth-order valence-electron chi connectivity index (χ4n) is 4.20.